The zero-order chi connectivity index (χ0) is 15.9. The van der Waals surface area contributed by atoms with Gasteiger partial charge in [-0.05, 0) is 37.7 Å². The molecular weight excluding hydrogens is 286 g/mol. The molecule has 1 amide bonds. The van der Waals surface area contributed by atoms with Crippen molar-refractivity contribution in [3.63, 3.8) is 0 Å². The summed E-state index contributed by atoms with van der Waals surface area (Å²) in [6.07, 6.45) is 12.9. The normalized spacial score (nSPS) is 27.4. The lowest BCUT2D eigenvalue weighted by atomic mass is 9.89. The Bertz CT molecular complexity index is 685. The van der Waals surface area contributed by atoms with E-state index in [1.54, 1.807) is 4.90 Å². The van der Waals surface area contributed by atoms with E-state index in [9.17, 15) is 9.90 Å². The predicted octanol–water partition coefficient (Wildman–Crippen LogP) is 3.75. The fraction of sp³-hybridized carbons (Fsp3) is 0.450. The zero-order valence-corrected chi connectivity index (χ0v) is 13.4. The topological polar surface area (TPSA) is 40.5 Å². The van der Waals surface area contributed by atoms with E-state index in [4.69, 9.17) is 0 Å². The minimum Gasteiger partial charge on any atom is -0.363 e. The highest BCUT2D eigenvalue weighted by Crippen LogP contribution is 2.45. The average Bonchev–Trinajstić information content (AvgIpc) is 3.19. The molecule has 1 aliphatic heterocycles. The largest absolute Gasteiger partial charge is 0.363 e. The van der Waals surface area contributed by atoms with Crippen LogP contribution in [0, 0.1) is 5.92 Å². The number of amides is 1. The Labute approximate surface area is 137 Å². The molecule has 1 aromatic carbocycles. The van der Waals surface area contributed by atoms with Gasteiger partial charge in [-0.1, -0.05) is 49.3 Å². The van der Waals surface area contributed by atoms with E-state index >= 15 is 0 Å². The second kappa shape index (κ2) is 5.64. The summed E-state index contributed by atoms with van der Waals surface area (Å²) in [5, 5.41) is 11.6. The molecule has 1 aromatic rings. The number of carbonyl (C=O) groups is 1. The van der Waals surface area contributed by atoms with Crippen LogP contribution in [0.1, 0.15) is 54.4 Å². The summed E-state index contributed by atoms with van der Waals surface area (Å²) in [6.45, 7) is 0.648. The molecule has 0 bridgehead atoms. The Hall–Kier alpha value is -1.87. The molecule has 1 heterocycles. The van der Waals surface area contributed by atoms with E-state index in [0.717, 1.165) is 36.8 Å². The van der Waals surface area contributed by atoms with E-state index in [1.165, 1.54) is 12.8 Å². The molecule has 3 aliphatic rings. The molecule has 1 saturated carbocycles. The number of carbonyl (C=O) groups excluding carboxylic acids is 1. The first-order chi connectivity index (χ1) is 11.2. The van der Waals surface area contributed by atoms with E-state index in [0.29, 0.717) is 18.0 Å². The van der Waals surface area contributed by atoms with Crippen LogP contribution in [0.4, 0.5) is 0 Å². The summed E-state index contributed by atoms with van der Waals surface area (Å²) in [6, 6.07) is 7.51. The number of nitrogens with zero attached hydrogens (tertiary/aromatic N) is 1. The smallest absolute Gasteiger partial charge is 0.257 e. The Kier molecular flexibility index (Phi) is 3.61. The maximum atomic E-state index is 13.0. The Balaban J connectivity index is 1.78. The number of fused-ring (bicyclic) bond motifs is 1. The third-order valence-electron chi connectivity index (χ3n) is 5.48. The molecular formula is C20H23NO2. The van der Waals surface area contributed by atoms with Gasteiger partial charge in [0.2, 0.25) is 0 Å². The highest BCUT2D eigenvalue weighted by Gasteiger charge is 2.50. The summed E-state index contributed by atoms with van der Waals surface area (Å²) >= 11 is 0. The number of benzene rings is 1. The monoisotopic (exact) mass is 309 g/mol. The summed E-state index contributed by atoms with van der Waals surface area (Å²) in [7, 11) is 0. The van der Waals surface area contributed by atoms with Crippen molar-refractivity contribution in [2.24, 2.45) is 5.92 Å². The van der Waals surface area contributed by atoms with Crippen molar-refractivity contribution in [1.29, 1.82) is 0 Å². The van der Waals surface area contributed by atoms with Gasteiger partial charge in [0.1, 0.15) is 0 Å². The molecule has 0 spiro atoms. The summed E-state index contributed by atoms with van der Waals surface area (Å²) in [5.74, 6) is 0.475. The third-order valence-corrected chi connectivity index (χ3v) is 5.48. The molecule has 3 heteroatoms. The van der Waals surface area contributed by atoms with Gasteiger partial charge in [-0.15, -0.1) is 0 Å². The van der Waals surface area contributed by atoms with Crippen LogP contribution in [0.5, 0.6) is 0 Å². The first kappa shape index (κ1) is 14.7. The standard InChI is InChI=1S/C20H23NO2/c22-19-17-12-6-7-13-18(17)20(23,16-10-2-1-3-11-16)21(19)14-15-8-4-5-9-15/h2,6-7,10-13,15,23H,1,3-5,8-9,14H2. The molecule has 3 nitrogen and oxygen atoms in total. The Morgan fingerprint density at radius 1 is 1.17 bits per heavy atom. The zero-order valence-electron chi connectivity index (χ0n) is 13.4. The second-order valence-corrected chi connectivity index (χ2v) is 6.92. The number of hydrogen-bond donors (Lipinski definition) is 1. The van der Waals surface area contributed by atoms with Crippen LogP contribution < -0.4 is 0 Å². The van der Waals surface area contributed by atoms with E-state index < -0.39 is 5.72 Å². The first-order valence-corrected chi connectivity index (χ1v) is 8.72. The van der Waals surface area contributed by atoms with E-state index in [-0.39, 0.29) is 5.91 Å². The van der Waals surface area contributed by atoms with E-state index in [2.05, 4.69) is 12.2 Å². The van der Waals surface area contributed by atoms with Crippen LogP contribution in [0.2, 0.25) is 0 Å². The molecule has 1 N–H and O–H groups in total. The van der Waals surface area contributed by atoms with Crippen molar-refractivity contribution in [2.45, 2.75) is 44.2 Å². The van der Waals surface area contributed by atoms with Crippen molar-refractivity contribution >= 4 is 5.91 Å². The van der Waals surface area contributed by atoms with Gasteiger partial charge >= 0.3 is 0 Å². The van der Waals surface area contributed by atoms with E-state index in [1.807, 2.05) is 30.3 Å². The van der Waals surface area contributed by atoms with Gasteiger partial charge in [0, 0.05) is 23.2 Å². The van der Waals surface area contributed by atoms with Crippen molar-refractivity contribution in [2.75, 3.05) is 6.54 Å². The highest BCUT2D eigenvalue weighted by molar-refractivity contribution is 6.00. The summed E-state index contributed by atoms with van der Waals surface area (Å²) in [5.41, 5.74) is 0.932. The van der Waals surface area contributed by atoms with Crippen LogP contribution in [0.25, 0.3) is 0 Å². The molecule has 0 radical (unpaired) electrons. The van der Waals surface area contributed by atoms with Crippen molar-refractivity contribution in [3.8, 4) is 0 Å². The number of rotatable bonds is 3. The fourth-order valence-electron chi connectivity index (χ4n) is 4.26. The quantitative estimate of drug-likeness (QED) is 0.923. The fourth-order valence-corrected chi connectivity index (χ4v) is 4.26. The number of aliphatic hydroxyl groups is 1. The average molecular weight is 309 g/mol. The van der Waals surface area contributed by atoms with Gasteiger partial charge in [0.05, 0.1) is 0 Å². The highest BCUT2D eigenvalue weighted by atomic mass is 16.3. The predicted molar refractivity (Wildman–Crippen MR) is 89.8 cm³/mol. The molecule has 23 heavy (non-hydrogen) atoms. The molecule has 2 aliphatic carbocycles. The molecule has 1 atom stereocenters. The van der Waals surface area contributed by atoms with Gasteiger partial charge in [-0.2, -0.15) is 0 Å². The molecule has 1 fully saturated rings. The SMILES string of the molecule is O=C1c2ccccc2C(O)(C2=CCCC=C2)N1CC1CCCC1. The Morgan fingerprint density at radius 3 is 2.70 bits per heavy atom. The van der Waals surface area contributed by atoms with Crippen LogP contribution in [0.15, 0.2) is 48.1 Å². The maximum absolute atomic E-state index is 13.0. The van der Waals surface area contributed by atoms with Gasteiger partial charge in [-0.3, -0.25) is 4.79 Å². The number of hydrogen-bond acceptors (Lipinski definition) is 2. The lowest BCUT2D eigenvalue weighted by molar-refractivity contribution is -0.0567. The lowest BCUT2D eigenvalue weighted by Gasteiger charge is -2.37. The summed E-state index contributed by atoms with van der Waals surface area (Å²) in [4.78, 5) is 14.7. The van der Waals surface area contributed by atoms with Crippen LogP contribution >= 0.6 is 0 Å². The first-order valence-electron chi connectivity index (χ1n) is 8.72. The Morgan fingerprint density at radius 2 is 1.96 bits per heavy atom. The number of allylic oxidation sites excluding steroid dienone is 2. The van der Waals surface area contributed by atoms with Gasteiger partial charge in [-0.25, -0.2) is 0 Å². The molecule has 120 valence electrons. The van der Waals surface area contributed by atoms with Crippen molar-refractivity contribution in [1.82, 2.24) is 4.90 Å². The minimum absolute atomic E-state index is 0.0325. The molecule has 4 rings (SSSR count). The van der Waals surface area contributed by atoms with Gasteiger partial charge in [0.15, 0.2) is 5.72 Å². The van der Waals surface area contributed by atoms with Crippen molar-refractivity contribution < 1.29 is 9.90 Å². The molecule has 0 saturated heterocycles. The lowest BCUT2D eigenvalue weighted by Crippen LogP contribution is -2.47. The van der Waals surface area contributed by atoms with Gasteiger partial charge < -0.3 is 10.0 Å². The van der Waals surface area contributed by atoms with Crippen molar-refractivity contribution in [3.05, 3.63) is 59.2 Å². The summed E-state index contributed by atoms with van der Waals surface area (Å²) < 4.78 is 0. The van der Waals surface area contributed by atoms with Crippen LogP contribution in [-0.2, 0) is 5.72 Å². The second-order valence-electron chi connectivity index (χ2n) is 6.92. The van der Waals surface area contributed by atoms with Crippen LogP contribution in [-0.4, -0.2) is 22.5 Å². The minimum atomic E-state index is -1.30. The van der Waals surface area contributed by atoms with Gasteiger partial charge in [0.25, 0.3) is 5.91 Å². The van der Waals surface area contributed by atoms with Crippen LogP contribution in [0.3, 0.4) is 0 Å². The maximum Gasteiger partial charge on any atom is 0.257 e. The molecule has 1 unspecified atom stereocenters. The molecule has 0 aromatic heterocycles. The third kappa shape index (κ3) is 2.26.